The lowest BCUT2D eigenvalue weighted by Gasteiger charge is -2.35. The number of rotatable bonds is 5. The van der Waals surface area contributed by atoms with Gasteiger partial charge in [-0.1, -0.05) is 49.6 Å². The van der Waals surface area contributed by atoms with Gasteiger partial charge in [0.2, 0.25) is 0 Å². The Morgan fingerprint density at radius 1 is 1.16 bits per heavy atom. The number of fused-ring (bicyclic) bond motifs is 1. The van der Waals surface area contributed by atoms with E-state index in [1.54, 1.807) is 12.1 Å². The first-order valence-corrected chi connectivity index (χ1v) is 11.3. The number of ether oxygens (including phenoxy) is 1. The van der Waals surface area contributed by atoms with E-state index in [9.17, 15) is 14.7 Å². The largest absolute Gasteiger partial charge is 0.506 e. The molecule has 1 saturated heterocycles. The van der Waals surface area contributed by atoms with E-state index in [2.05, 4.69) is 10.2 Å². The number of methoxy groups -OCH3 is 1. The minimum absolute atomic E-state index is 0.0108. The molecule has 2 aromatic rings. The zero-order chi connectivity index (χ0) is 22.0. The molecule has 2 fully saturated rings. The van der Waals surface area contributed by atoms with E-state index in [4.69, 9.17) is 4.74 Å². The predicted octanol–water partition coefficient (Wildman–Crippen LogP) is 3.86. The topological polar surface area (TPSA) is 78.9 Å². The lowest BCUT2D eigenvalue weighted by molar-refractivity contribution is -0.152. The van der Waals surface area contributed by atoms with E-state index in [1.165, 1.54) is 39.2 Å². The number of benzene rings is 2. The highest BCUT2D eigenvalue weighted by molar-refractivity contribution is 6.03. The molecule has 0 radical (unpaired) electrons. The minimum Gasteiger partial charge on any atom is -0.506 e. The molecule has 6 heteroatoms. The van der Waals surface area contributed by atoms with Crippen molar-refractivity contribution in [1.82, 2.24) is 10.2 Å². The summed E-state index contributed by atoms with van der Waals surface area (Å²) in [6, 6.07) is 10.7. The van der Waals surface area contributed by atoms with Crippen LogP contribution in [0.5, 0.6) is 5.75 Å². The van der Waals surface area contributed by atoms with Crippen LogP contribution in [0.4, 0.5) is 0 Å². The Morgan fingerprint density at radius 3 is 2.65 bits per heavy atom. The second kappa shape index (κ2) is 8.87. The molecule has 31 heavy (non-hydrogen) atoms. The molecule has 0 spiro atoms. The van der Waals surface area contributed by atoms with Crippen LogP contribution in [0.25, 0.3) is 10.8 Å². The van der Waals surface area contributed by atoms with E-state index in [0.717, 1.165) is 11.9 Å². The summed E-state index contributed by atoms with van der Waals surface area (Å²) in [5.41, 5.74) is -0.501. The number of likely N-dealkylation sites (tertiary alicyclic amines) is 1. The van der Waals surface area contributed by atoms with Crippen molar-refractivity contribution in [3.8, 4) is 5.75 Å². The van der Waals surface area contributed by atoms with Crippen molar-refractivity contribution >= 4 is 22.6 Å². The number of carbonyl (C=O) groups is 2. The van der Waals surface area contributed by atoms with Crippen molar-refractivity contribution < 1.29 is 19.4 Å². The summed E-state index contributed by atoms with van der Waals surface area (Å²) in [6.45, 7) is 3.36. The fraction of sp³-hybridized carbons (Fsp3) is 0.520. The summed E-state index contributed by atoms with van der Waals surface area (Å²) >= 11 is 0. The highest BCUT2D eigenvalue weighted by Gasteiger charge is 2.49. The highest BCUT2D eigenvalue weighted by Crippen LogP contribution is 2.35. The smallest absolute Gasteiger partial charge is 0.326 e. The molecule has 1 heterocycles. The summed E-state index contributed by atoms with van der Waals surface area (Å²) in [6.07, 6.45) is 6.65. The first kappa shape index (κ1) is 21.6. The van der Waals surface area contributed by atoms with Crippen LogP contribution >= 0.6 is 0 Å². The first-order chi connectivity index (χ1) is 14.9. The Bertz CT molecular complexity index is 969. The maximum absolute atomic E-state index is 13.0. The lowest BCUT2D eigenvalue weighted by Crippen LogP contribution is -2.50. The SMILES string of the molecule is COC(=O)[C@]1(C)CC(NC(=O)c2ccc3ccccc3c2O)CN1CC1CCCCC1. The molecule has 2 atom stereocenters. The van der Waals surface area contributed by atoms with Gasteiger partial charge < -0.3 is 15.2 Å². The van der Waals surface area contributed by atoms with Gasteiger partial charge in [-0.3, -0.25) is 14.5 Å². The Hall–Kier alpha value is -2.60. The van der Waals surface area contributed by atoms with Gasteiger partial charge in [0.15, 0.2) is 0 Å². The zero-order valence-corrected chi connectivity index (χ0v) is 18.4. The fourth-order valence-corrected chi connectivity index (χ4v) is 5.33. The third-order valence-corrected chi connectivity index (χ3v) is 7.09. The molecule has 4 rings (SSSR count). The normalized spacial score (nSPS) is 24.9. The maximum Gasteiger partial charge on any atom is 0.326 e. The quantitative estimate of drug-likeness (QED) is 0.713. The fourth-order valence-electron chi connectivity index (χ4n) is 5.33. The van der Waals surface area contributed by atoms with E-state index in [-0.39, 0.29) is 29.2 Å². The van der Waals surface area contributed by atoms with Crippen LogP contribution in [-0.2, 0) is 9.53 Å². The van der Waals surface area contributed by atoms with Crippen LogP contribution in [0.2, 0.25) is 0 Å². The number of phenols is 1. The molecular formula is C25H32N2O4. The molecule has 0 aromatic heterocycles. The van der Waals surface area contributed by atoms with Gasteiger partial charge in [-0.2, -0.15) is 0 Å². The van der Waals surface area contributed by atoms with E-state index in [1.807, 2.05) is 31.2 Å². The van der Waals surface area contributed by atoms with Crippen molar-refractivity contribution in [2.24, 2.45) is 5.92 Å². The van der Waals surface area contributed by atoms with Gasteiger partial charge in [0.1, 0.15) is 11.3 Å². The Morgan fingerprint density at radius 2 is 1.90 bits per heavy atom. The number of amides is 1. The molecule has 2 N–H and O–H groups in total. The van der Waals surface area contributed by atoms with Crippen LogP contribution in [0.1, 0.15) is 55.8 Å². The number of phenolic OH excluding ortho intramolecular Hbond substituents is 1. The summed E-state index contributed by atoms with van der Waals surface area (Å²) in [7, 11) is 1.42. The monoisotopic (exact) mass is 424 g/mol. The summed E-state index contributed by atoms with van der Waals surface area (Å²) in [5.74, 6) is -0.00583. The summed E-state index contributed by atoms with van der Waals surface area (Å²) < 4.78 is 5.13. The highest BCUT2D eigenvalue weighted by atomic mass is 16.5. The van der Waals surface area contributed by atoms with Crippen molar-refractivity contribution in [3.63, 3.8) is 0 Å². The molecule has 1 amide bonds. The number of nitrogens with zero attached hydrogens (tertiary/aromatic N) is 1. The molecule has 0 bridgehead atoms. The number of carbonyl (C=O) groups excluding carboxylic acids is 2. The summed E-state index contributed by atoms with van der Waals surface area (Å²) in [5, 5.41) is 15.2. The van der Waals surface area contributed by atoms with Gasteiger partial charge in [0.25, 0.3) is 5.91 Å². The van der Waals surface area contributed by atoms with E-state index >= 15 is 0 Å². The van der Waals surface area contributed by atoms with Crippen LogP contribution in [0.15, 0.2) is 36.4 Å². The van der Waals surface area contributed by atoms with Crippen LogP contribution in [0.3, 0.4) is 0 Å². The second-order valence-corrected chi connectivity index (χ2v) is 9.23. The number of hydrogen-bond donors (Lipinski definition) is 2. The van der Waals surface area contributed by atoms with Crippen molar-refractivity contribution in [2.45, 2.75) is 57.0 Å². The molecule has 2 aliphatic rings. The van der Waals surface area contributed by atoms with Gasteiger partial charge >= 0.3 is 5.97 Å². The maximum atomic E-state index is 13.0. The van der Waals surface area contributed by atoms with Crippen molar-refractivity contribution in [3.05, 3.63) is 42.0 Å². The Balaban J connectivity index is 1.51. The first-order valence-electron chi connectivity index (χ1n) is 11.3. The van der Waals surface area contributed by atoms with Crippen molar-refractivity contribution in [1.29, 1.82) is 0 Å². The minimum atomic E-state index is -0.754. The molecular weight excluding hydrogens is 392 g/mol. The molecule has 6 nitrogen and oxygen atoms in total. The van der Waals surface area contributed by atoms with Crippen LogP contribution in [-0.4, -0.2) is 53.7 Å². The van der Waals surface area contributed by atoms with Crippen molar-refractivity contribution in [2.75, 3.05) is 20.2 Å². The van der Waals surface area contributed by atoms with Gasteiger partial charge in [-0.05, 0) is 43.6 Å². The third-order valence-electron chi connectivity index (χ3n) is 7.09. The van der Waals surface area contributed by atoms with E-state index < -0.39 is 5.54 Å². The second-order valence-electron chi connectivity index (χ2n) is 9.23. The van der Waals surface area contributed by atoms with Gasteiger partial charge in [0.05, 0.1) is 12.7 Å². The third kappa shape index (κ3) is 4.26. The molecule has 1 aliphatic carbocycles. The molecule has 166 valence electrons. The number of esters is 1. The van der Waals surface area contributed by atoms with Gasteiger partial charge in [-0.25, -0.2) is 0 Å². The van der Waals surface area contributed by atoms with E-state index in [0.29, 0.717) is 24.3 Å². The van der Waals surface area contributed by atoms with Crippen LogP contribution < -0.4 is 5.32 Å². The van der Waals surface area contributed by atoms with Crippen LogP contribution in [0, 0.1) is 5.92 Å². The standard InChI is InChI=1S/C25H32N2O4/c1-25(24(30)31-2)14-19(16-27(25)15-17-8-4-3-5-9-17)26-23(29)21-13-12-18-10-6-7-11-20(18)22(21)28/h6-7,10-13,17,19,28H,3-5,8-9,14-16H2,1-2H3,(H,26,29)/t19?,25-/m0/s1. The molecule has 1 saturated carbocycles. The lowest BCUT2D eigenvalue weighted by atomic mass is 9.88. The number of nitrogens with one attached hydrogen (secondary N) is 1. The van der Waals surface area contributed by atoms with Gasteiger partial charge in [-0.15, -0.1) is 0 Å². The average Bonchev–Trinajstić information content (AvgIpc) is 3.09. The molecule has 1 unspecified atom stereocenters. The average molecular weight is 425 g/mol. The van der Waals surface area contributed by atoms with Gasteiger partial charge in [0, 0.05) is 24.5 Å². The molecule has 1 aliphatic heterocycles. The number of aromatic hydroxyl groups is 1. The Labute approximate surface area is 183 Å². The number of hydrogen-bond acceptors (Lipinski definition) is 5. The molecule has 2 aromatic carbocycles. The predicted molar refractivity (Wildman–Crippen MR) is 120 cm³/mol. The summed E-state index contributed by atoms with van der Waals surface area (Å²) in [4.78, 5) is 27.9. The Kier molecular flexibility index (Phi) is 6.19. The zero-order valence-electron chi connectivity index (χ0n) is 18.4.